The number of methoxy groups -OCH3 is 1. The molecule has 0 aromatic heterocycles. The Kier molecular flexibility index (Phi) is 8.01. The van der Waals surface area contributed by atoms with E-state index in [1.807, 2.05) is 23.1 Å². The number of amides is 1. The number of aryl methyl sites for hydroxylation is 1. The van der Waals surface area contributed by atoms with E-state index >= 15 is 0 Å². The van der Waals surface area contributed by atoms with Crippen molar-refractivity contribution >= 4 is 5.91 Å². The Morgan fingerprint density at radius 2 is 1.95 bits per heavy atom. The number of ether oxygens (including phenoxy) is 1. The fourth-order valence-electron chi connectivity index (χ4n) is 2.26. The highest BCUT2D eigenvalue weighted by Crippen LogP contribution is 2.07. The third-order valence-corrected chi connectivity index (χ3v) is 3.37. The molecular weight excluding hydrogens is 264 g/mol. The zero-order valence-corrected chi connectivity index (χ0v) is 13.4. The van der Waals surface area contributed by atoms with Gasteiger partial charge in [0.1, 0.15) is 0 Å². The molecule has 0 saturated carbocycles. The minimum atomic E-state index is -0.444. The average molecular weight is 292 g/mol. The van der Waals surface area contributed by atoms with Crippen LogP contribution < -0.4 is 5.73 Å². The zero-order chi connectivity index (χ0) is 15.7. The van der Waals surface area contributed by atoms with Gasteiger partial charge in [0.2, 0.25) is 5.91 Å². The van der Waals surface area contributed by atoms with Crippen LogP contribution in [-0.4, -0.2) is 43.7 Å². The Morgan fingerprint density at radius 3 is 2.52 bits per heavy atom. The molecule has 1 amide bonds. The van der Waals surface area contributed by atoms with Gasteiger partial charge in [-0.2, -0.15) is 0 Å². The molecule has 1 aromatic carbocycles. The van der Waals surface area contributed by atoms with E-state index in [-0.39, 0.29) is 5.91 Å². The molecule has 0 aliphatic heterocycles. The summed E-state index contributed by atoms with van der Waals surface area (Å²) in [5.74, 6) is 0.448. The molecule has 4 nitrogen and oxygen atoms in total. The van der Waals surface area contributed by atoms with E-state index < -0.39 is 6.04 Å². The molecule has 0 aliphatic carbocycles. The van der Waals surface area contributed by atoms with E-state index in [2.05, 4.69) is 26.0 Å². The van der Waals surface area contributed by atoms with Crippen molar-refractivity contribution in [2.75, 3.05) is 26.8 Å². The number of carbonyl (C=O) groups is 1. The first-order chi connectivity index (χ1) is 10.0. The van der Waals surface area contributed by atoms with Crippen LogP contribution in [-0.2, 0) is 16.0 Å². The summed E-state index contributed by atoms with van der Waals surface area (Å²) in [7, 11) is 1.65. The lowest BCUT2D eigenvalue weighted by Crippen LogP contribution is -2.46. The van der Waals surface area contributed by atoms with E-state index in [9.17, 15) is 4.79 Å². The van der Waals surface area contributed by atoms with Crippen molar-refractivity contribution in [3.05, 3.63) is 35.9 Å². The molecule has 2 N–H and O–H groups in total. The summed E-state index contributed by atoms with van der Waals surface area (Å²) in [6.45, 7) is 6.07. The third kappa shape index (κ3) is 6.74. The largest absolute Gasteiger partial charge is 0.383 e. The molecule has 0 unspecified atom stereocenters. The summed E-state index contributed by atoms with van der Waals surface area (Å²) in [6.07, 6.45) is 1.50. The summed E-state index contributed by atoms with van der Waals surface area (Å²) < 4.78 is 5.08. The maximum atomic E-state index is 12.5. The average Bonchev–Trinajstić information content (AvgIpc) is 2.49. The Hall–Kier alpha value is -1.39. The van der Waals surface area contributed by atoms with Crippen molar-refractivity contribution in [3.63, 3.8) is 0 Å². The Balaban J connectivity index is 2.52. The number of nitrogens with zero attached hydrogens (tertiary/aromatic N) is 1. The van der Waals surface area contributed by atoms with Crippen molar-refractivity contribution in [1.29, 1.82) is 0 Å². The third-order valence-electron chi connectivity index (χ3n) is 3.37. The summed E-state index contributed by atoms with van der Waals surface area (Å²) in [5.41, 5.74) is 7.30. The molecule has 21 heavy (non-hydrogen) atoms. The topological polar surface area (TPSA) is 55.6 Å². The number of carbonyl (C=O) groups excluding carboxylic acids is 1. The highest BCUT2D eigenvalue weighted by molar-refractivity contribution is 5.81. The smallest absolute Gasteiger partial charge is 0.239 e. The monoisotopic (exact) mass is 292 g/mol. The van der Waals surface area contributed by atoms with Gasteiger partial charge in [-0.15, -0.1) is 0 Å². The van der Waals surface area contributed by atoms with Crippen LogP contribution in [0.5, 0.6) is 0 Å². The summed E-state index contributed by atoms with van der Waals surface area (Å²) >= 11 is 0. The van der Waals surface area contributed by atoms with Gasteiger partial charge in [0.15, 0.2) is 0 Å². The van der Waals surface area contributed by atoms with E-state index in [4.69, 9.17) is 10.5 Å². The van der Waals surface area contributed by atoms with E-state index in [1.54, 1.807) is 7.11 Å². The van der Waals surface area contributed by atoms with Gasteiger partial charge < -0.3 is 15.4 Å². The molecular formula is C17H28N2O2. The summed E-state index contributed by atoms with van der Waals surface area (Å²) in [4.78, 5) is 14.3. The van der Waals surface area contributed by atoms with Crippen LogP contribution in [0.25, 0.3) is 0 Å². The molecule has 1 aromatic rings. The minimum absolute atomic E-state index is 0.0247. The molecule has 0 saturated heterocycles. The van der Waals surface area contributed by atoms with Crippen molar-refractivity contribution in [2.24, 2.45) is 11.7 Å². The zero-order valence-electron chi connectivity index (χ0n) is 13.4. The van der Waals surface area contributed by atoms with E-state index in [0.29, 0.717) is 25.5 Å². The van der Waals surface area contributed by atoms with Crippen LogP contribution >= 0.6 is 0 Å². The van der Waals surface area contributed by atoms with Crippen LogP contribution in [0.4, 0.5) is 0 Å². The number of hydrogen-bond acceptors (Lipinski definition) is 3. The van der Waals surface area contributed by atoms with Gasteiger partial charge in [-0.25, -0.2) is 0 Å². The first-order valence-electron chi connectivity index (χ1n) is 7.61. The van der Waals surface area contributed by atoms with Crippen molar-refractivity contribution in [2.45, 2.75) is 32.7 Å². The van der Waals surface area contributed by atoms with Gasteiger partial charge in [0.05, 0.1) is 12.6 Å². The molecule has 0 heterocycles. The molecule has 4 heteroatoms. The molecule has 0 bridgehead atoms. The highest BCUT2D eigenvalue weighted by atomic mass is 16.5. The fourth-order valence-corrected chi connectivity index (χ4v) is 2.26. The van der Waals surface area contributed by atoms with Crippen LogP contribution in [0.3, 0.4) is 0 Å². The predicted molar refractivity (Wildman–Crippen MR) is 86.0 cm³/mol. The molecule has 0 radical (unpaired) electrons. The second-order valence-electron chi connectivity index (χ2n) is 5.80. The summed E-state index contributed by atoms with van der Waals surface area (Å²) in [5, 5.41) is 0. The van der Waals surface area contributed by atoms with Gasteiger partial charge in [-0.1, -0.05) is 44.2 Å². The Bertz CT molecular complexity index is 407. The van der Waals surface area contributed by atoms with Gasteiger partial charge in [0, 0.05) is 20.2 Å². The van der Waals surface area contributed by atoms with E-state index in [0.717, 1.165) is 13.0 Å². The van der Waals surface area contributed by atoms with Crippen LogP contribution in [0.1, 0.15) is 25.8 Å². The highest BCUT2D eigenvalue weighted by Gasteiger charge is 2.21. The standard InChI is InChI=1S/C17H28N2O2/c1-14(2)13-19(11-12-21-3)17(20)16(18)10-9-15-7-5-4-6-8-15/h4-8,14,16H,9-13,18H2,1-3H3/t16-/m0/s1. The molecule has 118 valence electrons. The van der Waals surface area contributed by atoms with Crippen molar-refractivity contribution in [3.8, 4) is 0 Å². The second-order valence-corrected chi connectivity index (χ2v) is 5.80. The van der Waals surface area contributed by atoms with Gasteiger partial charge in [-0.3, -0.25) is 4.79 Å². The lowest BCUT2D eigenvalue weighted by molar-refractivity contribution is -0.133. The normalized spacial score (nSPS) is 12.4. The minimum Gasteiger partial charge on any atom is -0.383 e. The van der Waals surface area contributed by atoms with Crippen molar-refractivity contribution in [1.82, 2.24) is 4.90 Å². The van der Waals surface area contributed by atoms with Crippen LogP contribution in [0.15, 0.2) is 30.3 Å². The lowest BCUT2D eigenvalue weighted by atomic mass is 10.0. The second kappa shape index (κ2) is 9.53. The van der Waals surface area contributed by atoms with Crippen LogP contribution in [0, 0.1) is 5.92 Å². The van der Waals surface area contributed by atoms with Crippen molar-refractivity contribution < 1.29 is 9.53 Å². The number of nitrogens with two attached hydrogens (primary N) is 1. The molecule has 0 fully saturated rings. The first-order valence-corrected chi connectivity index (χ1v) is 7.61. The molecule has 0 spiro atoms. The molecule has 1 atom stereocenters. The number of benzene rings is 1. The lowest BCUT2D eigenvalue weighted by Gasteiger charge is -2.27. The maximum absolute atomic E-state index is 12.5. The van der Waals surface area contributed by atoms with Gasteiger partial charge in [-0.05, 0) is 24.3 Å². The Morgan fingerprint density at radius 1 is 1.29 bits per heavy atom. The molecule has 0 aliphatic rings. The van der Waals surface area contributed by atoms with Gasteiger partial charge >= 0.3 is 0 Å². The molecule has 1 rings (SSSR count). The van der Waals surface area contributed by atoms with Crippen LogP contribution in [0.2, 0.25) is 0 Å². The maximum Gasteiger partial charge on any atom is 0.239 e. The number of rotatable bonds is 9. The quantitative estimate of drug-likeness (QED) is 0.758. The fraction of sp³-hybridized carbons (Fsp3) is 0.588. The van der Waals surface area contributed by atoms with Gasteiger partial charge in [0.25, 0.3) is 0 Å². The number of hydrogen-bond donors (Lipinski definition) is 1. The first kappa shape index (κ1) is 17.7. The predicted octanol–water partition coefficient (Wildman–Crippen LogP) is 2.08. The van der Waals surface area contributed by atoms with E-state index in [1.165, 1.54) is 5.56 Å². The summed E-state index contributed by atoms with van der Waals surface area (Å²) in [6, 6.07) is 9.69. The Labute approximate surface area is 128 Å². The SMILES string of the molecule is COCCN(CC(C)C)C(=O)[C@@H](N)CCc1ccccc1.